The Bertz CT molecular complexity index is 393. The van der Waals surface area contributed by atoms with Crippen LogP contribution in [0.15, 0.2) is 18.7 Å². The molecule has 2 N–H and O–H groups in total. The largest absolute Gasteiger partial charge is 0.316 e. The molecule has 6 nitrogen and oxygen atoms in total. The van der Waals surface area contributed by atoms with E-state index in [-0.39, 0.29) is 5.75 Å². The number of aromatic nitrogens is 2. The topological polar surface area (TPSA) is 84.0 Å². The number of rotatable bonds is 7. The van der Waals surface area contributed by atoms with Gasteiger partial charge in [-0.15, -0.1) is 0 Å². The summed E-state index contributed by atoms with van der Waals surface area (Å²) in [5.41, 5.74) is 0.387. The molecular formula is C9H16N4O2S. The molecule has 90 valence electrons. The van der Waals surface area contributed by atoms with Gasteiger partial charge in [0.2, 0.25) is 10.0 Å². The van der Waals surface area contributed by atoms with Gasteiger partial charge in [0.15, 0.2) is 0 Å². The minimum absolute atomic E-state index is 0.0435. The van der Waals surface area contributed by atoms with E-state index in [0.717, 1.165) is 13.0 Å². The van der Waals surface area contributed by atoms with Crippen LogP contribution in [0.3, 0.4) is 0 Å². The zero-order valence-corrected chi connectivity index (χ0v) is 10.00. The van der Waals surface area contributed by atoms with E-state index in [2.05, 4.69) is 20.0 Å². The van der Waals surface area contributed by atoms with E-state index >= 15 is 0 Å². The standard InChI is InChI=1S/C9H16N4O2S/c1-2-3-10-4-5-16(14,15)13-9-6-11-8-12-7-9/h6-8,10,13H,2-5H2,1H3. The van der Waals surface area contributed by atoms with Crippen molar-refractivity contribution in [3.63, 3.8) is 0 Å². The second-order valence-electron chi connectivity index (χ2n) is 3.30. The van der Waals surface area contributed by atoms with Crippen molar-refractivity contribution < 1.29 is 8.42 Å². The quantitative estimate of drug-likeness (QED) is 0.670. The SMILES string of the molecule is CCCNCCS(=O)(=O)Nc1cncnc1. The van der Waals surface area contributed by atoms with Gasteiger partial charge >= 0.3 is 0 Å². The lowest BCUT2D eigenvalue weighted by Crippen LogP contribution is -2.27. The highest BCUT2D eigenvalue weighted by Crippen LogP contribution is 2.03. The van der Waals surface area contributed by atoms with Gasteiger partial charge < -0.3 is 5.32 Å². The Hall–Kier alpha value is -1.21. The Morgan fingerprint density at radius 2 is 1.94 bits per heavy atom. The molecule has 1 aromatic rings. The molecule has 0 spiro atoms. The summed E-state index contributed by atoms with van der Waals surface area (Å²) in [6.07, 6.45) is 5.18. The maximum absolute atomic E-state index is 11.6. The second-order valence-corrected chi connectivity index (χ2v) is 5.14. The van der Waals surface area contributed by atoms with Crippen molar-refractivity contribution in [2.45, 2.75) is 13.3 Å². The zero-order valence-electron chi connectivity index (χ0n) is 9.18. The molecule has 0 aromatic carbocycles. The summed E-state index contributed by atoms with van der Waals surface area (Å²) in [6.45, 7) is 3.29. The predicted molar refractivity (Wildman–Crippen MR) is 62.6 cm³/mol. The lowest BCUT2D eigenvalue weighted by molar-refractivity contribution is 0.595. The maximum Gasteiger partial charge on any atom is 0.234 e. The number of anilines is 1. The van der Waals surface area contributed by atoms with Crippen LogP contribution in [-0.2, 0) is 10.0 Å². The van der Waals surface area contributed by atoms with Crippen molar-refractivity contribution >= 4 is 15.7 Å². The summed E-state index contributed by atoms with van der Waals surface area (Å²) in [5.74, 6) is 0.0435. The fourth-order valence-electron chi connectivity index (χ4n) is 1.09. The zero-order chi connectivity index (χ0) is 11.9. The molecular weight excluding hydrogens is 228 g/mol. The lowest BCUT2D eigenvalue weighted by atomic mass is 10.5. The minimum Gasteiger partial charge on any atom is -0.316 e. The first-order chi connectivity index (χ1) is 7.64. The van der Waals surface area contributed by atoms with Crippen LogP contribution < -0.4 is 10.0 Å². The number of sulfonamides is 1. The molecule has 0 aliphatic rings. The molecule has 0 atom stereocenters. The van der Waals surface area contributed by atoms with E-state index in [1.165, 1.54) is 18.7 Å². The van der Waals surface area contributed by atoms with Gasteiger partial charge in [-0.1, -0.05) is 6.92 Å². The lowest BCUT2D eigenvalue weighted by Gasteiger charge is -2.07. The average molecular weight is 244 g/mol. The van der Waals surface area contributed by atoms with Crippen molar-refractivity contribution in [2.75, 3.05) is 23.6 Å². The van der Waals surface area contributed by atoms with Gasteiger partial charge in [-0.2, -0.15) is 0 Å². The summed E-state index contributed by atoms with van der Waals surface area (Å²) in [6, 6.07) is 0. The number of hydrogen-bond donors (Lipinski definition) is 2. The van der Waals surface area contributed by atoms with E-state index in [9.17, 15) is 8.42 Å². The van der Waals surface area contributed by atoms with Crippen molar-refractivity contribution in [2.24, 2.45) is 0 Å². The van der Waals surface area contributed by atoms with Gasteiger partial charge in [-0.05, 0) is 13.0 Å². The van der Waals surface area contributed by atoms with Crippen molar-refractivity contribution in [3.8, 4) is 0 Å². The van der Waals surface area contributed by atoms with Crippen LogP contribution in [0.25, 0.3) is 0 Å². The predicted octanol–water partition coefficient (Wildman–Crippen LogP) is 0.218. The Balaban J connectivity index is 2.40. The molecule has 1 rings (SSSR count). The van der Waals surface area contributed by atoms with Gasteiger partial charge in [0.05, 0.1) is 23.8 Å². The van der Waals surface area contributed by atoms with E-state index in [1.54, 1.807) is 0 Å². The molecule has 0 aliphatic carbocycles. The second kappa shape index (κ2) is 6.39. The first-order valence-electron chi connectivity index (χ1n) is 5.10. The monoisotopic (exact) mass is 244 g/mol. The van der Waals surface area contributed by atoms with E-state index in [0.29, 0.717) is 12.2 Å². The molecule has 0 saturated heterocycles. The summed E-state index contributed by atoms with van der Waals surface area (Å²) >= 11 is 0. The molecule has 0 fully saturated rings. The average Bonchev–Trinajstić information content (AvgIpc) is 2.25. The Morgan fingerprint density at radius 1 is 1.25 bits per heavy atom. The maximum atomic E-state index is 11.6. The summed E-state index contributed by atoms with van der Waals surface area (Å²) in [7, 11) is -3.31. The first-order valence-corrected chi connectivity index (χ1v) is 6.75. The highest BCUT2D eigenvalue weighted by molar-refractivity contribution is 7.92. The van der Waals surface area contributed by atoms with Crippen LogP contribution >= 0.6 is 0 Å². The van der Waals surface area contributed by atoms with E-state index in [1.807, 2.05) is 6.92 Å². The minimum atomic E-state index is -3.31. The van der Waals surface area contributed by atoms with Gasteiger partial charge in [-0.3, -0.25) is 4.72 Å². The highest BCUT2D eigenvalue weighted by Gasteiger charge is 2.09. The Labute approximate surface area is 95.6 Å². The van der Waals surface area contributed by atoms with Gasteiger partial charge in [0.25, 0.3) is 0 Å². The van der Waals surface area contributed by atoms with Gasteiger partial charge in [-0.25, -0.2) is 18.4 Å². The highest BCUT2D eigenvalue weighted by atomic mass is 32.2. The fourth-order valence-corrected chi connectivity index (χ4v) is 2.07. The Kier molecular flexibility index (Phi) is 5.13. The van der Waals surface area contributed by atoms with Crippen molar-refractivity contribution in [3.05, 3.63) is 18.7 Å². The van der Waals surface area contributed by atoms with E-state index < -0.39 is 10.0 Å². The molecule has 1 heterocycles. The molecule has 16 heavy (non-hydrogen) atoms. The molecule has 0 saturated carbocycles. The molecule has 1 aromatic heterocycles. The van der Waals surface area contributed by atoms with Crippen molar-refractivity contribution in [1.29, 1.82) is 0 Å². The fraction of sp³-hybridized carbons (Fsp3) is 0.556. The van der Waals surface area contributed by atoms with Crippen LogP contribution in [-0.4, -0.2) is 37.2 Å². The first kappa shape index (κ1) is 12.9. The summed E-state index contributed by atoms with van der Waals surface area (Å²) < 4.78 is 25.5. The molecule has 0 aliphatic heterocycles. The molecule has 0 radical (unpaired) electrons. The van der Waals surface area contributed by atoms with Crippen LogP contribution in [0.2, 0.25) is 0 Å². The van der Waals surface area contributed by atoms with Crippen molar-refractivity contribution in [1.82, 2.24) is 15.3 Å². The van der Waals surface area contributed by atoms with Crippen LogP contribution in [0.4, 0.5) is 5.69 Å². The van der Waals surface area contributed by atoms with E-state index in [4.69, 9.17) is 0 Å². The summed E-state index contributed by atoms with van der Waals surface area (Å²) in [5, 5.41) is 3.03. The molecule has 0 bridgehead atoms. The normalized spacial score (nSPS) is 11.3. The number of nitrogens with zero attached hydrogens (tertiary/aromatic N) is 2. The van der Waals surface area contributed by atoms with Gasteiger partial charge in [0, 0.05) is 6.54 Å². The molecule has 0 unspecified atom stereocenters. The summed E-state index contributed by atoms with van der Waals surface area (Å²) in [4.78, 5) is 7.45. The third-order valence-electron chi connectivity index (χ3n) is 1.81. The molecule has 7 heteroatoms. The Morgan fingerprint density at radius 3 is 2.56 bits per heavy atom. The van der Waals surface area contributed by atoms with Crippen LogP contribution in [0.5, 0.6) is 0 Å². The third-order valence-corrected chi connectivity index (χ3v) is 3.10. The number of nitrogens with one attached hydrogen (secondary N) is 2. The molecule has 0 amide bonds. The van der Waals surface area contributed by atoms with Gasteiger partial charge in [0.1, 0.15) is 6.33 Å². The number of hydrogen-bond acceptors (Lipinski definition) is 5. The van der Waals surface area contributed by atoms with Crippen LogP contribution in [0, 0.1) is 0 Å². The smallest absolute Gasteiger partial charge is 0.234 e. The third kappa shape index (κ3) is 5.04. The van der Waals surface area contributed by atoms with Crippen LogP contribution in [0.1, 0.15) is 13.3 Å².